The molecule has 0 fully saturated rings. The molecule has 3 N–H and O–H groups in total. The van der Waals surface area contributed by atoms with Crippen LogP contribution in [0.25, 0.3) is 0 Å². The highest BCUT2D eigenvalue weighted by Gasteiger charge is 2.25. The van der Waals surface area contributed by atoms with Crippen molar-refractivity contribution < 1.29 is 22.7 Å². The summed E-state index contributed by atoms with van der Waals surface area (Å²) < 4.78 is 40.8. The van der Waals surface area contributed by atoms with Crippen LogP contribution in [0.2, 0.25) is 0 Å². The smallest absolute Gasteiger partial charge is 0.221 e. The van der Waals surface area contributed by atoms with Gasteiger partial charge in [-0.1, -0.05) is 39.8 Å². The summed E-state index contributed by atoms with van der Waals surface area (Å²) in [6.45, 7) is 11.6. The minimum atomic E-state index is -3.54. The molecule has 1 aromatic carbocycles. The summed E-state index contributed by atoms with van der Waals surface area (Å²) in [4.78, 5) is 12.7. The van der Waals surface area contributed by atoms with E-state index in [9.17, 15) is 22.7 Å². The fourth-order valence-electron chi connectivity index (χ4n) is 3.60. The lowest BCUT2D eigenvalue weighted by molar-refractivity contribution is -0.122. The van der Waals surface area contributed by atoms with Gasteiger partial charge >= 0.3 is 0 Å². The highest BCUT2D eigenvalue weighted by atomic mass is 32.2. The predicted octanol–water partition coefficient (Wildman–Crippen LogP) is 3.00. The highest BCUT2D eigenvalue weighted by molar-refractivity contribution is 7.89. The number of amides is 1. The van der Waals surface area contributed by atoms with Gasteiger partial charge in [-0.3, -0.25) is 4.79 Å². The third-order valence-corrected chi connectivity index (χ3v) is 7.55. The van der Waals surface area contributed by atoms with E-state index in [-0.39, 0.29) is 31.0 Å². The molecular weight excluding hydrogens is 457 g/mol. The van der Waals surface area contributed by atoms with E-state index in [2.05, 4.69) is 24.5 Å². The van der Waals surface area contributed by atoms with Gasteiger partial charge in [-0.25, -0.2) is 17.1 Å². The van der Waals surface area contributed by atoms with Crippen LogP contribution in [0.4, 0.5) is 4.39 Å². The fourth-order valence-corrected chi connectivity index (χ4v) is 5.23. The zero-order valence-corrected chi connectivity index (χ0v) is 22.3. The summed E-state index contributed by atoms with van der Waals surface area (Å²) in [6.07, 6.45) is 1.50. The minimum Gasteiger partial charge on any atom is -0.390 e. The van der Waals surface area contributed by atoms with Crippen LogP contribution in [-0.2, 0) is 21.2 Å². The van der Waals surface area contributed by atoms with Crippen molar-refractivity contribution in [3.05, 3.63) is 35.1 Å². The van der Waals surface area contributed by atoms with Crippen LogP contribution in [0, 0.1) is 18.7 Å². The summed E-state index contributed by atoms with van der Waals surface area (Å²) in [5.74, 6) is -0.550. The molecule has 0 radical (unpaired) electrons. The number of carbonyl (C=O) groups excluding carboxylic acids is 1. The molecule has 1 rings (SSSR count). The molecule has 0 bridgehead atoms. The van der Waals surface area contributed by atoms with Crippen LogP contribution >= 0.6 is 0 Å². The number of nitrogens with one attached hydrogen (secondary N) is 2. The van der Waals surface area contributed by atoms with Crippen LogP contribution in [0.3, 0.4) is 0 Å². The Hall–Kier alpha value is -1.55. The zero-order chi connectivity index (χ0) is 25.7. The molecule has 0 unspecified atom stereocenters. The number of rotatable bonds is 17. The van der Waals surface area contributed by atoms with E-state index in [1.165, 1.54) is 10.4 Å². The minimum absolute atomic E-state index is 0.196. The second kappa shape index (κ2) is 15.4. The van der Waals surface area contributed by atoms with Crippen LogP contribution in [0.15, 0.2) is 18.2 Å². The van der Waals surface area contributed by atoms with E-state index < -0.39 is 28.1 Å². The maximum Gasteiger partial charge on any atom is 0.221 e. The number of hydrogen-bond acceptors (Lipinski definition) is 5. The number of carbonyl (C=O) groups is 1. The summed E-state index contributed by atoms with van der Waals surface area (Å²) in [6, 6.07) is 4.17. The quantitative estimate of drug-likeness (QED) is 0.285. The van der Waals surface area contributed by atoms with Gasteiger partial charge in [0.25, 0.3) is 0 Å². The Kier molecular flexibility index (Phi) is 13.8. The average molecular weight is 502 g/mol. The number of nitrogens with zero attached hydrogens (tertiary/aromatic N) is 1. The first-order chi connectivity index (χ1) is 16.0. The van der Waals surface area contributed by atoms with Gasteiger partial charge in [-0.15, -0.1) is 0 Å². The monoisotopic (exact) mass is 501 g/mol. The number of aliphatic hydroxyl groups is 1. The van der Waals surface area contributed by atoms with Crippen molar-refractivity contribution in [2.24, 2.45) is 5.92 Å². The third kappa shape index (κ3) is 11.3. The van der Waals surface area contributed by atoms with E-state index >= 15 is 0 Å². The van der Waals surface area contributed by atoms with Crippen LogP contribution in [-0.4, -0.2) is 67.8 Å². The van der Waals surface area contributed by atoms with Crippen molar-refractivity contribution in [2.75, 3.05) is 31.9 Å². The van der Waals surface area contributed by atoms with Crippen molar-refractivity contribution in [1.82, 2.24) is 14.9 Å². The third-order valence-electron chi connectivity index (χ3n) is 5.68. The van der Waals surface area contributed by atoms with Crippen molar-refractivity contribution in [3.8, 4) is 0 Å². The SMILES string of the molecule is CCCN(CCC)S(=O)(=O)CCC(=O)N[C@@H](Cc1ccc(C)c(F)c1)[C@@H](O)CNCCC(C)C. The number of halogens is 1. The Morgan fingerprint density at radius 1 is 1.18 bits per heavy atom. The van der Waals surface area contributed by atoms with Crippen LogP contribution in [0.1, 0.15) is 64.5 Å². The van der Waals surface area contributed by atoms with Crippen LogP contribution in [0.5, 0.6) is 0 Å². The number of aliphatic hydroxyl groups excluding tert-OH is 1. The first kappa shape index (κ1) is 30.5. The molecular formula is C25H44FN3O4S. The van der Waals surface area contributed by atoms with Gasteiger partial charge in [0.1, 0.15) is 5.82 Å². The Bertz CT molecular complexity index is 843. The molecule has 0 saturated heterocycles. The van der Waals surface area contributed by atoms with Gasteiger partial charge < -0.3 is 15.7 Å². The van der Waals surface area contributed by atoms with Crippen molar-refractivity contribution in [1.29, 1.82) is 0 Å². The Morgan fingerprint density at radius 3 is 2.38 bits per heavy atom. The second-order valence-electron chi connectivity index (χ2n) is 9.38. The van der Waals surface area contributed by atoms with Gasteiger partial charge in [-0.05, 0) is 62.3 Å². The lowest BCUT2D eigenvalue weighted by atomic mass is 9.99. The normalized spacial score (nSPS) is 13.9. The average Bonchev–Trinajstić information content (AvgIpc) is 2.77. The lowest BCUT2D eigenvalue weighted by Gasteiger charge is -2.26. The second-order valence-corrected chi connectivity index (χ2v) is 11.5. The molecule has 0 aliphatic heterocycles. The number of aryl methyl sites for hydroxylation is 1. The number of benzene rings is 1. The molecule has 0 saturated carbocycles. The molecule has 2 atom stereocenters. The van der Waals surface area contributed by atoms with E-state index in [1.54, 1.807) is 19.1 Å². The largest absolute Gasteiger partial charge is 0.390 e. The number of hydrogen-bond donors (Lipinski definition) is 3. The Labute approximate surface area is 205 Å². The molecule has 9 heteroatoms. The summed E-state index contributed by atoms with van der Waals surface area (Å²) in [5, 5.41) is 16.8. The zero-order valence-electron chi connectivity index (χ0n) is 21.4. The van der Waals surface area contributed by atoms with Gasteiger partial charge in [0.2, 0.25) is 15.9 Å². The van der Waals surface area contributed by atoms with Crippen LogP contribution < -0.4 is 10.6 Å². The Balaban J connectivity index is 2.83. The molecule has 0 aromatic heterocycles. The molecule has 196 valence electrons. The Morgan fingerprint density at radius 2 is 1.82 bits per heavy atom. The van der Waals surface area contributed by atoms with Crippen molar-refractivity contribution in [2.45, 2.75) is 78.9 Å². The molecule has 7 nitrogen and oxygen atoms in total. The van der Waals surface area contributed by atoms with E-state index in [0.29, 0.717) is 43.0 Å². The molecule has 1 amide bonds. The predicted molar refractivity (Wildman–Crippen MR) is 136 cm³/mol. The first-order valence-corrected chi connectivity index (χ1v) is 14.0. The highest BCUT2D eigenvalue weighted by Crippen LogP contribution is 2.13. The van der Waals surface area contributed by atoms with Gasteiger partial charge in [0.05, 0.1) is 17.9 Å². The molecule has 0 heterocycles. The molecule has 0 aliphatic carbocycles. The van der Waals surface area contributed by atoms with Crippen molar-refractivity contribution >= 4 is 15.9 Å². The standard InChI is InChI=1S/C25H44FN3O4S/c1-6-13-29(14-7-2)34(32,33)15-11-25(31)28-23(24(30)18-27-12-10-19(3)4)17-21-9-8-20(5)22(26)16-21/h8-9,16,19,23-24,27,30H,6-7,10-15,17-18H2,1-5H3,(H,28,31)/t23-,24-/m0/s1. The molecule has 0 spiro atoms. The fraction of sp³-hybridized carbons (Fsp3) is 0.720. The maximum absolute atomic E-state index is 14.0. The van der Waals surface area contributed by atoms with E-state index in [0.717, 1.165) is 13.0 Å². The summed E-state index contributed by atoms with van der Waals surface area (Å²) in [5.41, 5.74) is 1.17. The van der Waals surface area contributed by atoms with E-state index in [1.807, 2.05) is 13.8 Å². The summed E-state index contributed by atoms with van der Waals surface area (Å²) in [7, 11) is -3.54. The topological polar surface area (TPSA) is 98.7 Å². The first-order valence-electron chi connectivity index (χ1n) is 12.4. The molecule has 1 aromatic rings. The molecule has 34 heavy (non-hydrogen) atoms. The number of sulfonamides is 1. The lowest BCUT2D eigenvalue weighted by Crippen LogP contribution is -2.49. The summed E-state index contributed by atoms with van der Waals surface area (Å²) >= 11 is 0. The molecule has 0 aliphatic rings. The van der Waals surface area contributed by atoms with Gasteiger partial charge in [-0.2, -0.15) is 0 Å². The maximum atomic E-state index is 14.0. The van der Waals surface area contributed by atoms with Crippen molar-refractivity contribution in [3.63, 3.8) is 0 Å². The van der Waals surface area contributed by atoms with Gasteiger partial charge in [0.15, 0.2) is 0 Å². The van der Waals surface area contributed by atoms with E-state index in [4.69, 9.17) is 0 Å². The van der Waals surface area contributed by atoms with Gasteiger partial charge in [0, 0.05) is 26.1 Å².